The minimum atomic E-state index is -3.68. The summed E-state index contributed by atoms with van der Waals surface area (Å²) in [6.07, 6.45) is 1.66. The third-order valence-corrected chi connectivity index (χ3v) is 5.82. The predicted molar refractivity (Wildman–Crippen MR) is 115 cm³/mol. The molecule has 0 aromatic heterocycles. The van der Waals surface area contributed by atoms with E-state index < -0.39 is 10.0 Å². The van der Waals surface area contributed by atoms with E-state index >= 15 is 0 Å². The molecule has 0 saturated heterocycles. The minimum absolute atomic E-state index is 0.220. The van der Waals surface area contributed by atoms with Crippen LogP contribution < -0.4 is 4.72 Å². The molecule has 0 aliphatic rings. The first-order chi connectivity index (χ1) is 12.8. The Hall–Kier alpha value is -2.44. The van der Waals surface area contributed by atoms with E-state index in [1.165, 1.54) is 0 Å². The molecule has 27 heavy (non-hydrogen) atoms. The minimum Gasteiger partial charge on any atom is -0.279 e. The van der Waals surface area contributed by atoms with Crippen LogP contribution in [0.1, 0.15) is 16.7 Å². The topological polar surface area (TPSA) is 58.5 Å². The number of rotatable bonds is 5. The molecule has 3 rings (SSSR count). The normalized spacial score (nSPS) is 11.7. The molecular weight excluding hydrogens is 424 g/mol. The van der Waals surface area contributed by atoms with Crippen molar-refractivity contribution in [2.75, 3.05) is 4.72 Å². The van der Waals surface area contributed by atoms with Crippen LogP contribution in [-0.2, 0) is 10.0 Å². The van der Waals surface area contributed by atoms with Crippen molar-refractivity contribution in [1.82, 2.24) is 0 Å². The fourth-order valence-electron chi connectivity index (χ4n) is 2.51. The Morgan fingerprint density at radius 1 is 0.926 bits per heavy atom. The van der Waals surface area contributed by atoms with Gasteiger partial charge in [0.1, 0.15) is 0 Å². The lowest BCUT2D eigenvalue weighted by atomic mass is 10.2. The standard InChI is InChI=1S/C21H19BrN2O2S/c1-15-6-9-20(10-7-15)27(25,26)24-21-11-8-18(22)13-17(21)14-23-19-5-3-4-16(2)12-19/h3-14,24H,1-2H3. The number of aryl methyl sites for hydroxylation is 2. The number of aliphatic imine (C=N–C) groups is 1. The summed E-state index contributed by atoms with van der Waals surface area (Å²) in [7, 11) is -3.68. The first-order valence-electron chi connectivity index (χ1n) is 8.33. The molecular formula is C21H19BrN2O2S. The number of hydrogen-bond acceptors (Lipinski definition) is 3. The second kappa shape index (κ2) is 8.06. The van der Waals surface area contributed by atoms with E-state index in [1.807, 2.05) is 44.2 Å². The molecule has 0 bridgehead atoms. The van der Waals surface area contributed by atoms with Crippen LogP contribution in [0.25, 0.3) is 0 Å². The van der Waals surface area contributed by atoms with E-state index in [2.05, 4.69) is 25.6 Å². The van der Waals surface area contributed by atoms with E-state index in [9.17, 15) is 8.42 Å². The highest BCUT2D eigenvalue weighted by atomic mass is 79.9. The van der Waals surface area contributed by atoms with Gasteiger partial charge in [-0.2, -0.15) is 0 Å². The SMILES string of the molecule is Cc1ccc(S(=O)(=O)Nc2ccc(Br)cc2C=Nc2cccc(C)c2)cc1. The fourth-order valence-corrected chi connectivity index (χ4v) is 3.97. The highest BCUT2D eigenvalue weighted by Crippen LogP contribution is 2.24. The number of nitrogens with zero attached hydrogens (tertiary/aromatic N) is 1. The van der Waals surface area contributed by atoms with Gasteiger partial charge in [0, 0.05) is 16.3 Å². The second-order valence-electron chi connectivity index (χ2n) is 6.25. The van der Waals surface area contributed by atoms with Crippen LogP contribution in [0, 0.1) is 13.8 Å². The van der Waals surface area contributed by atoms with Crippen molar-refractivity contribution >= 4 is 43.5 Å². The van der Waals surface area contributed by atoms with Crippen LogP contribution in [0.5, 0.6) is 0 Å². The van der Waals surface area contributed by atoms with Crippen LogP contribution in [0.2, 0.25) is 0 Å². The zero-order chi connectivity index (χ0) is 19.4. The van der Waals surface area contributed by atoms with Gasteiger partial charge in [0.25, 0.3) is 10.0 Å². The number of hydrogen-bond donors (Lipinski definition) is 1. The van der Waals surface area contributed by atoms with Gasteiger partial charge in [-0.05, 0) is 61.9 Å². The largest absolute Gasteiger partial charge is 0.279 e. The van der Waals surface area contributed by atoms with Gasteiger partial charge in [-0.1, -0.05) is 45.8 Å². The molecule has 0 spiro atoms. The van der Waals surface area contributed by atoms with Crippen LogP contribution in [0.4, 0.5) is 11.4 Å². The zero-order valence-electron chi connectivity index (χ0n) is 15.0. The molecule has 4 nitrogen and oxygen atoms in total. The fraction of sp³-hybridized carbons (Fsp3) is 0.0952. The van der Waals surface area contributed by atoms with E-state index in [0.29, 0.717) is 11.3 Å². The van der Waals surface area contributed by atoms with E-state index in [0.717, 1.165) is 21.3 Å². The van der Waals surface area contributed by atoms with Crippen molar-refractivity contribution in [2.45, 2.75) is 18.7 Å². The number of benzene rings is 3. The summed E-state index contributed by atoms with van der Waals surface area (Å²) in [6.45, 7) is 3.91. The van der Waals surface area contributed by atoms with Gasteiger partial charge in [0.2, 0.25) is 0 Å². The molecule has 0 fully saturated rings. The van der Waals surface area contributed by atoms with E-state index in [1.54, 1.807) is 42.6 Å². The smallest absolute Gasteiger partial charge is 0.261 e. The summed E-state index contributed by atoms with van der Waals surface area (Å²) < 4.78 is 28.9. The highest BCUT2D eigenvalue weighted by molar-refractivity contribution is 9.10. The van der Waals surface area contributed by atoms with Crippen LogP contribution in [0.3, 0.4) is 0 Å². The molecule has 0 aliphatic carbocycles. The Labute approximate surface area is 168 Å². The number of halogens is 1. The first-order valence-corrected chi connectivity index (χ1v) is 10.6. The summed E-state index contributed by atoms with van der Waals surface area (Å²) in [6, 6.07) is 19.9. The summed E-state index contributed by atoms with van der Waals surface area (Å²) in [4.78, 5) is 4.69. The maximum atomic E-state index is 12.7. The third kappa shape index (κ3) is 5.05. The molecule has 3 aromatic carbocycles. The van der Waals surface area contributed by atoms with Crippen LogP contribution in [-0.4, -0.2) is 14.6 Å². The molecule has 0 atom stereocenters. The second-order valence-corrected chi connectivity index (χ2v) is 8.85. The first kappa shape index (κ1) is 19.3. The molecule has 1 N–H and O–H groups in total. The van der Waals surface area contributed by atoms with Gasteiger partial charge in [0.05, 0.1) is 16.3 Å². The van der Waals surface area contributed by atoms with Crippen molar-refractivity contribution in [3.63, 3.8) is 0 Å². The Bertz CT molecular complexity index is 1090. The third-order valence-electron chi connectivity index (χ3n) is 3.94. The molecule has 0 heterocycles. The monoisotopic (exact) mass is 442 g/mol. The molecule has 0 saturated carbocycles. The van der Waals surface area contributed by atoms with Crippen LogP contribution in [0.15, 0.2) is 81.1 Å². The van der Waals surface area contributed by atoms with Gasteiger partial charge in [-0.25, -0.2) is 8.42 Å². The lowest BCUT2D eigenvalue weighted by molar-refractivity contribution is 0.601. The van der Waals surface area contributed by atoms with E-state index in [4.69, 9.17) is 0 Å². The average Bonchev–Trinajstić information content (AvgIpc) is 2.62. The summed E-state index contributed by atoms with van der Waals surface area (Å²) in [5.41, 5.74) is 4.06. The lowest BCUT2D eigenvalue weighted by Gasteiger charge is -2.11. The van der Waals surface area contributed by atoms with Gasteiger partial charge < -0.3 is 0 Å². The van der Waals surface area contributed by atoms with Gasteiger partial charge in [-0.15, -0.1) is 0 Å². The number of nitrogens with one attached hydrogen (secondary N) is 1. The van der Waals surface area contributed by atoms with Crippen molar-refractivity contribution in [2.24, 2.45) is 4.99 Å². The highest BCUT2D eigenvalue weighted by Gasteiger charge is 2.15. The van der Waals surface area contributed by atoms with Gasteiger partial charge in [-0.3, -0.25) is 9.71 Å². The van der Waals surface area contributed by atoms with Gasteiger partial charge >= 0.3 is 0 Å². The Kier molecular flexibility index (Phi) is 5.77. The summed E-state index contributed by atoms with van der Waals surface area (Å²) >= 11 is 3.43. The maximum Gasteiger partial charge on any atom is 0.261 e. The summed E-state index contributed by atoms with van der Waals surface area (Å²) in [5.74, 6) is 0. The van der Waals surface area contributed by atoms with Crippen molar-refractivity contribution in [3.05, 3.63) is 87.9 Å². The number of sulfonamides is 1. The van der Waals surface area contributed by atoms with Crippen LogP contribution >= 0.6 is 15.9 Å². The quantitative estimate of drug-likeness (QED) is 0.521. The predicted octanol–water partition coefficient (Wildman–Crippen LogP) is 5.62. The lowest BCUT2D eigenvalue weighted by Crippen LogP contribution is -2.14. The Morgan fingerprint density at radius 3 is 2.37 bits per heavy atom. The molecule has 0 unspecified atom stereocenters. The van der Waals surface area contributed by atoms with Crippen molar-refractivity contribution in [1.29, 1.82) is 0 Å². The zero-order valence-corrected chi connectivity index (χ0v) is 17.4. The van der Waals surface area contributed by atoms with Gasteiger partial charge in [0.15, 0.2) is 0 Å². The van der Waals surface area contributed by atoms with Crippen molar-refractivity contribution < 1.29 is 8.42 Å². The molecule has 3 aromatic rings. The number of anilines is 1. The Balaban J connectivity index is 1.93. The maximum absolute atomic E-state index is 12.7. The average molecular weight is 443 g/mol. The molecule has 0 aliphatic heterocycles. The molecule has 6 heteroatoms. The molecule has 0 amide bonds. The molecule has 138 valence electrons. The van der Waals surface area contributed by atoms with Crippen molar-refractivity contribution in [3.8, 4) is 0 Å². The Morgan fingerprint density at radius 2 is 1.67 bits per heavy atom. The summed E-state index contributed by atoms with van der Waals surface area (Å²) in [5, 5.41) is 0. The molecule has 0 radical (unpaired) electrons. The van der Waals surface area contributed by atoms with E-state index in [-0.39, 0.29) is 4.90 Å².